The summed E-state index contributed by atoms with van der Waals surface area (Å²) in [4.78, 5) is 20.2. The molecule has 0 spiro atoms. The summed E-state index contributed by atoms with van der Waals surface area (Å²) in [5, 5.41) is 19.3. The molecule has 0 aliphatic carbocycles. The van der Waals surface area contributed by atoms with Crippen molar-refractivity contribution in [2.24, 2.45) is 0 Å². The number of nitrogens with zero attached hydrogens (tertiary/aromatic N) is 4. The largest absolute Gasteiger partial charge is 0.495 e. The molecule has 1 aromatic carbocycles. The van der Waals surface area contributed by atoms with Crippen LogP contribution in [0.15, 0.2) is 36.7 Å². The Balaban J connectivity index is 1.61. The van der Waals surface area contributed by atoms with E-state index in [0.717, 1.165) is 16.9 Å². The number of aromatic nitrogens is 2. The van der Waals surface area contributed by atoms with Gasteiger partial charge in [0.05, 0.1) is 24.4 Å². The zero-order valence-electron chi connectivity index (χ0n) is 16.6. The molecule has 1 amide bonds. The van der Waals surface area contributed by atoms with Crippen LogP contribution in [0.4, 0.5) is 5.69 Å². The minimum absolute atomic E-state index is 0.154. The van der Waals surface area contributed by atoms with Crippen LogP contribution in [0.5, 0.6) is 5.75 Å². The SMILES string of the molecule is COc1cc(CO)c(-c2cn3ccc(N4CCN(C(=O)CO)CC4)cc3n2)cc1Cl. The minimum Gasteiger partial charge on any atom is -0.495 e. The second-order valence-corrected chi connectivity index (χ2v) is 7.51. The second kappa shape index (κ2) is 8.51. The van der Waals surface area contributed by atoms with Crippen LogP contribution >= 0.6 is 11.6 Å². The molecule has 4 rings (SSSR count). The molecular formula is C21H23ClN4O4. The van der Waals surface area contributed by atoms with E-state index in [0.29, 0.717) is 48.2 Å². The quantitative estimate of drug-likeness (QED) is 0.641. The lowest BCUT2D eigenvalue weighted by Gasteiger charge is -2.35. The average Bonchev–Trinajstić information content (AvgIpc) is 3.21. The number of methoxy groups -OCH3 is 1. The number of fused-ring (bicyclic) bond motifs is 1. The van der Waals surface area contributed by atoms with Crippen LogP contribution in [0.1, 0.15) is 5.56 Å². The topological polar surface area (TPSA) is 90.5 Å². The monoisotopic (exact) mass is 430 g/mol. The van der Waals surface area contributed by atoms with E-state index >= 15 is 0 Å². The summed E-state index contributed by atoms with van der Waals surface area (Å²) in [7, 11) is 1.54. The van der Waals surface area contributed by atoms with Crippen molar-refractivity contribution in [2.75, 3.05) is 44.8 Å². The summed E-state index contributed by atoms with van der Waals surface area (Å²) in [6.45, 7) is 1.94. The van der Waals surface area contributed by atoms with E-state index in [9.17, 15) is 9.90 Å². The summed E-state index contributed by atoms with van der Waals surface area (Å²) in [6, 6.07) is 7.49. The maximum atomic E-state index is 11.6. The van der Waals surface area contributed by atoms with Crippen LogP contribution in [-0.4, -0.2) is 70.3 Å². The highest BCUT2D eigenvalue weighted by molar-refractivity contribution is 6.32. The van der Waals surface area contributed by atoms with Gasteiger partial charge in [-0.2, -0.15) is 0 Å². The first-order chi connectivity index (χ1) is 14.5. The van der Waals surface area contributed by atoms with Crippen molar-refractivity contribution >= 4 is 28.8 Å². The number of carbonyl (C=O) groups excluding carboxylic acids is 1. The number of rotatable bonds is 5. The van der Waals surface area contributed by atoms with E-state index in [-0.39, 0.29) is 12.5 Å². The van der Waals surface area contributed by atoms with Gasteiger partial charge in [-0.25, -0.2) is 4.98 Å². The Morgan fingerprint density at radius 1 is 1.20 bits per heavy atom. The normalized spacial score (nSPS) is 14.4. The number of aliphatic hydroxyl groups excluding tert-OH is 2. The molecule has 2 N–H and O–H groups in total. The summed E-state index contributed by atoms with van der Waals surface area (Å²) in [5.41, 5.74) is 3.94. The number of hydrogen-bond donors (Lipinski definition) is 2. The number of pyridine rings is 1. The number of ether oxygens (including phenoxy) is 1. The molecule has 0 bridgehead atoms. The highest BCUT2D eigenvalue weighted by Gasteiger charge is 2.21. The number of hydrogen-bond acceptors (Lipinski definition) is 6. The minimum atomic E-state index is -0.450. The molecular weight excluding hydrogens is 408 g/mol. The van der Waals surface area contributed by atoms with Crippen molar-refractivity contribution in [1.82, 2.24) is 14.3 Å². The van der Waals surface area contributed by atoms with Crippen molar-refractivity contribution in [1.29, 1.82) is 0 Å². The smallest absolute Gasteiger partial charge is 0.248 e. The van der Waals surface area contributed by atoms with E-state index in [1.807, 2.05) is 28.9 Å². The molecule has 0 atom stereocenters. The third kappa shape index (κ3) is 3.81. The fraction of sp³-hybridized carbons (Fsp3) is 0.333. The van der Waals surface area contributed by atoms with Crippen LogP contribution in [-0.2, 0) is 11.4 Å². The van der Waals surface area contributed by atoms with Crippen LogP contribution in [0, 0.1) is 0 Å². The third-order valence-electron chi connectivity index (χ3n) is 5.40. The number of carbonyl (C=O) groups is 1. The zero-order chi connectivity index (χ0) is 21.3. The maximum Gasteiger partial charge on any atom is 0.248 e. The lowest BCUT2D eigenvalue weighted by molar-refractivity contribution is -0.134. The first kappa shape index (κ1) is 20.5. The molecule has 3 aromatic rings. The first-order valence-corrected chi connectivity index (χ1v) is 10.0. The average molecular weight is 431 g/mol. The Morgan fingerprint density at radius 3 is 2.63 bits per heavy atom. The molecule has 158 valence electrons. The van der Waals surface area contributed by atoms with E-state index < -0.39 is 6.61 Å². The summed E-state index contributed by atoms with van der Waals surface area (Å²) in [6.07, 6.45) is 3.84. The van der Waals surface area contributed by atoms with Gasteiger partial charge < -0.3 is 29.2 Å². The van der Waals surface area contributed by atoms with Crippen molar-refractivity contribution < 1.29 is 19.7 Å². The van der Waals surface area contributed by atoms with E-state index in [4.69, 9.17) is 26.4 Å². The van der Waals surface area contributed by atoms with Gasteiger partial charge in [0.25, 0.3) is 0 Å². The van der Waals surface area contributed by atoms with Crippen molar-refractivity contribution in [3.05, 3.63) is 47.2 Å². The predicted molar refractivity (Wildman–Crippen MR) is 114 cm³/mol. The van der Waals surface area contributed by atoms with E-state index in [2.05, 4.69) is 4.90 Å². The molecule has 2 aromatic heterocycles. The second-order valence-electron chi connectivity index (χ2n) is 7.10. The van der Waals surface area contributed by atoms with Crippen LogP contribution in [0.3, 0.4) is 0 Å². The summed E-state index contributed by atoms with van der Waals surface area (Å²) >= 11 is 6.29. The van der Waals surface area contributed by atoms with Crippen LogP contribution in [0.25, 0.3) is 16.9 Å². The standard InChI is InChI=1S/C21H23ClN4O4/c1-30-19-8-14(12-27)16(10-17(19)22)18-11-26-3-2-15(9-20(26)23-18)24-4-6-25(7-5-24)21(29)13-28/h2-3,8-11,27-28H,4-7,12-13H2,1H3. The van der Waals surface area contributed by atoms with Gasteiger partial charge in [-0.3, -0.25) is 4.79 Å². The number of halogens is 1. The third-order valence-corrected chi connectivity index (χ3v) is 5.70. The van der Waals surface area contributed by atoms with Crippen LogP contribution in [0.2, 0.25) is 5.02 Å². The van der Waals surface area contributed by atoms with E-state index in [1.165, 1.54) is 7.11 Å². The first-order valence-electron chi connectivity index (χ1n) is 9.64. The number of piperazine rings is 1. The number of anilines is 1. The van der Waals surface area contributed by atoms with Gasteiger partial charge in [-0.15, -0.1) is 0 Å². The van der Waals surface area contributed by atoms with E-state index in [1.54, 1.807) is 17.0 Å². The summed E-state index contributed by atoms with van der Waals surface area (Å²) < 4.78 is 7.16. The van der Waals surface area contributed by atoms with Gasteiger partial charge in [-0.1, -0.05) is 11.6 Å². The molecule has 1 fully saturated rings. The highest BCUT2D eigenvalue weighted by atomic mass is 35.5. The van der Waals surface area contributed by atoms with Crippen molar-refractivity contribution in [3.63, 3.8) is 0 Å². The Bertz CT molecular complexity index is 1080. The Morgan fingerprint density at radius 2 is 1.97 bits per heavy atom. The van der Waals surface area contributed by atoms with Gasteiger partial charge in [0, 0.05) is 55.9 Å². The lowest BCUT2D eigenvalue weighted by atomic mass is 10.1. The maximum absolute atomic E-state index is 11.6. The van der Waals surface area contributed by atoms with Crippen molar-refractivity contribution in [2.45, 2.75) is 6.61 Å². The van der Waals surface area contributed by atoms with Gasteiger partial charge in [-0.05, 0) is 23.8 Å². The molecule has 0 unspecified atom stereocenters. The summed E-state index contributed by atoms with van der Waals surface area (Å²) in [5.74, 6) is 0.273. The zero-order valence-corrected chi connectivity index (χ0v) is 17.3. The predicted octanol–water partition coefficient (Wildman–Crippen LogP) is 1.80. The molecule has 1 saturated heterocycles. The molecule has 30 heavy (non-hydrogen) atoms. The van der Waals surface area contributed by atoms with Gasteiger partial charge in [0.1, 0.15) is 18.0 Å². The Hall–Kier alpha value is -2.81. The van der Waals surface area contributed by atoms with Crippen molar-refractivity contribution in [3.8, 4) is 17.0 Å². The molecule has 9 heteroatoms. The molecule has 8 nitrogen and oxygen atoms in total. The fourth-order valence-corrected chi connectivity index (χ4v) is 3.97. The fourth-order valence-electron chi connectivity index (χ4n) is 3.73. The highest BCUT2D eigenvalue weighted by Crippen LogP contribution is 2.34. The lowest BCUT2D eigenvalue weighted by Crippen LogP contribution is -2.49. The number of imidazole rings is 1. The number of benzene rings is 1. The van der Waals surface area contributed by atoms with Gasteiger partial charge in [0.15, 0.2) is 0 Å². The number of amides is 1. The number of aliphatic hydroxyl groups is 2. The molecule has 1 aliphatic heterocycles. The molecule has 1 aliphatic rings. The van der Waals surface area contributed by atoms with Gasteiger partial charge >= 0.3 is 0 Å². The molecule has 0 radical (unpaired) electrons. The Kier molecular flexibility index (Phi) is 5.80. The van der Waals surface area contributed by atoms with Crippen LogP contribution < -0.4 is 9.64 Å². The molecule has 3 heterocycles. The van der Waals surface area contributed by atoms with Gasteiger partial charge in [0.2, 0.25) is 5.91 Å². The molecule has 0 saturated carbocycles. The Labute approximate surface area is 178 Å².